The molecule has 4 heteroatoms. The normalized spacial score (nSPS) is 12.2. The Labute approximate surface area is 244 Å². The second-order valence-electron chi connectivity index (χ2n) is 12.0. The number of esters is 1. The van der Waals surface area contributed by atoms with Gasteiger partial charge in [-0.3, -0.25) is 4.79 Å². The maximum atomic E-state index is 11.9. The predicted molar refractivity (Wildman–Crippen MR) is 168 cm³/mol. The zero-order valence-corrected chi connectivity index (χ0v) is 26.7. The van der Waals surface area contributed by atoms with Crippen molar-refractivity contribution in [2.75, 3.05) is 19.8 Å². The van der Waals surface area contributed by atoms with E-state index in [4.69, 9.17) is 9.47 Å². The largest absolute Gasteiger partial charge is 0.457 e. The number of unbranched alkanes of at least 4 members (excludes halogenated alkanes) is 25. The van der Waals surface area contributed by atoms with Crippen LogP contribution < -0.4 is 0 Å². The van der Waals surface area contributed by atoms with E-state index in [0.717, 1.165) is 19.3 Å². The highest BCUT2D eigenvalue weighted by Crippen LogP contribution is 2.15. The van der Waals surface area contributed by atoms with Crippen LogP contribution in [0.4, 0.5) is 0 Å². The van der Waals surface area contributed by atoms with Crippen LogP contribution in [0.3, 0.4) is 0 Å². The molecule has 0 saturated carbocycles. The molecule has 0 aliphatic heterocycles. The quantitative estimate of drug-likeness (QED) is 0.0647. The van der Waals surface area contributed by atoms with Crippen molar-refractivity contribution in [2.24, 2.45) is 0 Å². The molecule has 0 aromatic rings. The highest BCUT2D eigenvalue weighted by atomic mass is 16.6. The molecule has 0 aromatic heterocycles. The number of ether oxygens (including phenoxy) is 2. The predicted octanol–water partition coefficient (Wildman–Crippen LogP) is 10.9. The van der Waals surface area contributed by atoms with E-state index in [-0.39, 0.29) is 12.6 Å². The summed E-state index contributed by atoms with van der Waals surface area (Å²) in [6, 6.07) is 0. The Bertz CT molecular complexity index is 468. The molecule has 0 spiro atoms. The van der Waals surface area contributed by atoms with Crippen molar-refractivity contribution in [3.63, 3.8) is 0 Å². The highest BCUT2D eigenvalue weighted by molar-refractivity contribution is 5.69. The van der Waals surface area contributed by atoms with E-state index in [1.54, 1.807) is 0 Å². The van der Waals surface area contributed by atoms with Crippen LogP contribution >= 0.6 is 0 Å². The van der Waals surface area contributed by atoms with E-state index < -0.39 is 6.10 Å². The molecule has 234 valence electrons. The summed E-state index contributed by atoms with van der Waals surface area (Å²) in [6.07, 6.45) is 36.1. The number of hydrogen-bond acceptors (Lipinski definition) is 4. The molecule has 0 aliphatic carbocycles. The average Bonchev–Trinajstić information content (AvgIpc) is 2.94. The molecule has 1 atom stereocenters. The van der Waals surface area contributed by atoms with Gasteiger partial charge in [-0.25, -0.2) is 0 Å². The minimum Gasteiger partial charge on any atom is -0.457 e. The first kappa shape index (κ1) is 38.4. The Morgan fingerprint density at radius 3 is 1.21 bits per heavy atom. The van der Waals surface area contributed by atoms with E-state index in [0.29, 0.717) is 19.6 Å². The maximum Gasteiger partial charge on any atom is 0.306 e. The van der Waals surface area contributed by atoms with Crippen LogP contribution in [0.1, 0.15) is 194 Å². The first-order valence-corrected chi connectivity index (χ1v) is 17.6. The second kappa shape index (κ2) is 33.6. The summed E-state index contributed by atoms with van der Waals surface area (Å²) in [6.45, 7) is 5.30. The minimum absolute atomic E-state index is 0.166. The SMILES string of the molecule is CCCCCCCCCCCCCCCCCCCCCCCCOCC(CO)OC(=O)CCCCCCC. The average molecular weight is 555 g/mol. The van der Waals surface area contributed by atoms with E-state index >= 15 is 0 Å². The molecule has 0 amide bonds. The molecular formula is C35H70O4. The smallest absolute Gasteiger partial charge is 0.306 e. The zero-order chi connectivity index (χ0) is 28.5. The summed E-state index contributed by atoms with van der Waals surface area (Å²) in [7, 11) is 0. The number of hydrogen-bond donors (Lipinski definition) is 1. The molecule has 4 nitrogen and oxygen atoms in total. The third-order valence-electron chi connectivity index (χ3n) is 7.93. The van der Waals surface area contributed by atoms with E-state index in [1.807, 2.05) is 0 Å². The number of carbonyl (C=O) groups is 1. The second-order valence-corrected chi connectivity index (χ2v) is 12.0. The van der Waals surface area contributed by atoms with Crippen LogP contribution in [0.15, 0.2) is 0 Å². The van der Waals surface area contributed by atoms with Crippen molar-refractivity contribution in [2.45, 2.75) is 200 Å². The van der Waals surface area contributed by atoms with Gasteiger partial charge in [-0.05, 0) is 12.8 Å². The lowest BCUT2D eigenvalue weighted by Crippen LogP contribution is -2.27. The summed E-state index contributed by atoms with van der Waals surface area (Å²) in [5, 5.41) is 9.44. The van der Waals surface area contributed by atoms with Gasteiger partial charge in [0, 0.05) is 13.0 Å². The number of aliphatic hydroxyl groups excluding tert-OH is 1. The fourth-order valence-corrected chi connectivity index (χ4v) is 5.27. The molecule has 0 heterocycles. The molecule has 0 aromatic carbocycles. The lowest BCUT2D eigenvalue weighted by molar-refractivity contribution is -0.154. The minimum atomic E-state index is -0.521. The molecular weight excluding hydrogens is 484 g/mol. The number of rotatable bonds is 33. The van der Waals surface area contributed by atoms with Gasteiger partial charge in [0.05, 0.1) is 13.2 Å². The Morgan fingerprint density at radius 2 is 0.846 bits per heavy atom. The fraction of sp³-hybridized carbons (Fsp3) is 0.971. The summed E-state index contributed by atoms with van der Waals surface area (Å²) in [5.74, 6) is -0.210. The lowest BCUT2D eigenvalue weighted by Gasteiger charge is -2.15. The Balaban J connectivity index is 3.26. The van der Waals surface area contributed by atoms with Crippen molar-refractivity contribution in [1.82, 2.24) is 0 Å². The first-order valence-electron chi connectivity index (χ1n) is 17.6. The Kier molecular flexibility index (Phi) is 33.1. The highest BCUT2D eigenvalue weighted by Gasteiger charge is 2.13. The summed E-state index contributed by atoms with van der Waals surface area (Å²) >= 11 is 0. The third-order valence-corrected chi connectivity index (χ3v) is 7.93. The molecule has 0 fully saturated rings. The molecule has 39 heavy (non-hydrogen) atoms. The topological polar surface area (TPSA) is 55.8 Å². The van der Waals surface area contributed by atoms with Crippen LogP contribution in [0.2, 0.25) is 0 Å². The maximum absolute atomic E-state index is 11.9. The van der Waals surface area contributed by atoms with Gasteiger partial charge >= 0.3 is 5.97 Å². The molecule has 0 aliphatic rings. The van der Waals surface area contributed by atoms with E-state index in [1.165, 1.54) is 154 Å². The Hall–Kier alpha value is -0.610. The van der Waals surface area contributed by atoms with Crippen molar-refractivity contribution in [3.05, 3.63) is 0 Å². The van der Waals surface area contributed by atoms with Gasteiger partial charge in [0.2, 0.25) is 0 Å². The van der Waals surface area contributed by atoms with Crippen LogP contribution in [-0.4, -0.2) is 37.0 Å². The van der Waals surface area contributed by atoms with Gasteiger partial charge in [0.1, 0.15) is 6.10 Å². The van der Waals surface area contributed by atoms with Crippen molar-refractivity contribution < 1.29 is 19.4 Å². The molecule has 1 N–H and O–H groups in total. The third kappa shape index (κ3) is 31.8. The molecule has 0 bridgehead atoms. The van der Waals surface area contributed by atoms with Gasteiger partial charge in [0.25, 0.3) is 0 Å². The fourth-order valence-electron chi connectivity index (χ4n) is 5.27. The van der Waals surface area contributed by atoms with Gasteiger partial charge in [0.15, 0.2) is 0 Å². The summed E-state index contributed by atoms with van der Waals surface area (Å²) in [5.41, 5.74) is 0. The molecule has 0 rings (SSSR count). The van der Waals surface area contributed by atoms with Crippen LogP contribution in [0.5, 0.6) is 0 Å². The molecule has 0 saturated heterocycles. The van der Waals surface area contributed by atoms with Gasteiger partial charge < -0.3 is 14.6 Å². The van der Waals surface area contributed by atoms with Gasteiger partial charge in [-0.2, -0.15) is 0 Å². The first-order chi connectivity index (χ1) is 19.2. The lowest BCUT2D eigenvalue weighted by atomic mass is 10.0. The molecule has 0 radical (unpaired) electrons. The van der Waals surface area contributed by atoms with Crippen molar-refractivity contribution >= 4 is 5.97 Å². The molecule has 1 unspecified atom stereocenters. The van der Waals surface area contributed by atoms with Gasteiger partial charge in [-0.1, -0.05) is 174 Å². The van der Waals surface area contributed by atoms with E-state index in [2.05, 4.69) is 13.8 Å². The summed E-state index contributed by atoms with van der Waals surface area (Å²) < 4.78 is 11.0. The van der Waals surface area contributed by atoms with Crippen LogP contribution in [-0.2, 0) is 14.3 Å². The van der Waals surface area contributed by atoms with Crippen molar-refractivity contribution in [1.29, 1.82) is 0 Å². The number of aliphatic hydroxyl groups is 1. The van der Waals surface area contributed by atoms with Gasteiger partial charge in [-0.15, -0.1) is 0 Å². The van der Waals surface area contributed by atoms with Crippen LogP contribution in [0, 0.1) is 0 Å². The summed E-state index contributed by atoms with van der Waals surface area (Å²) in [4.78, 5) is 11.9. The monoisotopic (exact) mass is 555 g/mol. The number of carbonyl (C=O) groups excluding carboxylic acids is 1. The standard InChI is InChI=1S/C35H70O4/c1-3-5-7-9-10-11-12-13-14-15-16-17-18-19-20-21-22-23-24-25-27-29-31-38-33-34(32-36)39-35(37)30-28-26-8-6-4-2/h34,36H,3-33H2,1-2H3. The Morgan fingerprint density at radius 1 is 0.513 bits per heavy atom. The van der Waals surface area contributed by atoms with E-state index in [9.17, 15) is 9.90 Å². The zero-order valence-electron chi connectivity index (χ0n) is 26.7. The van der Waals surface area contributed by atoms with Crippen LogP contribution in [0.25, 0.3) is 0 Å². The van der Waals surface area contributed by atoms with Crippen molar-refractivity contribution in [3.8, 4) is 0 Å².